The number of benzene rings is 2. The molecule has 0 bridgehead atoms. The van der Waals surface area contributed by atoms with Crippen LogP contribution in [0.25, 0.3) is 17.0 Å². The van der Waals surface area contributed by atoms with E-state index >= 15 is 0 Å². The molecule has 2 heterocycles. The van der Waals surface area contributed by atoms with Gasteiger partial charge in [0.25, 0.3) is 5.91 Å². The van der Waals surface area contributed by atoms with Crippen LogP contribution >= 0.6 is 0 Å². The van der Waals surface area contributed by atoms with E-state index in [2.05, 4.69) is 25.8 Å². The lowest BCUT2D eigenvalue weighted by Crippen LogP contribution is -2.39. The van der Waals surface area contributed by atoms with Gasteiger partial charge in [0.15, 0.2) is 0 Å². The zero-order valence-corrected chi connectivity index (χ0v) is 14.8. The van der Waals surface area contributed by atoms with Crippen molar-refractivity contribution in [3.05, 3.63) is 71.6 Å². The van der Waals surface area contributed by atoms with Gasteiger partial charge in [-0.1, -0.05) is 36.4 Å². The second-order valence-corrected chi connectivity index (χ2v) is 6.22. The highest BCUT2D eigenvalue weighted by molar-refractivity contribution is 6.13. The van der Waals surface area contributed by atoms with E-state index in [1.807, 2.05) is 48.5 Å². The van der Waals surface area contributed by atoms with Crippen molar-refractivity contribution in [1.82, 2.24) is 20.8 Å². The maximum atomic E-state index is 12.3. The quantitative estimate of drug-likeness (QED) is 0.609. The first-order chi connectivity index (χ1) is 13.2. The number of guanidine groups is 1. The van der Waals surface area contributed by atoms with Crippen LogP contribution in [0.3, 0.4) is 0 Å². The molecule has 4 rings (SSSR count). The van der Waals surface area contributed by atoms with E-state index in [-0.39, 0.29) is 11.9 Å². The van der Waals surface area contributed by atoms with Gasteiger partial charge in [-0.15, -0.1) is 0 Å². The molecule has 1 aromatic heterocycles. The van der Waals surface area contributed by atoms with Crippen molar-refractivity contribution in [2.45, 2.75) is 6.04 Å². The molecule has 0 spiro atoms. The maximum Gasteiger partial charge on any atom is 0.276 e. The highest BCUT2D eigenvalue weighted by Gasteiger charge is 2.23. The van der Waals surface area contributed by atoms with Crippen molar-refractivity contribution in [3.63, 3.8) is 0 Å². The van der Waals surface area contributed by atoms with Crippen LogP contribution in [0.5, 0.6) is 0 Å². The number of nitrogens with one attached hydrogen (secondary N) is 3. The molecule has 7 nitrogen and oxygen atoms in total. The number of aromatic amines is 1. The summed E-state index contributed by atoms with van der Waals surface area (Å²) in [6.07, 6.45) is 3.50. The Hall–Kier alpha value is -3.45. The first-order valence-corrected chi connectivity index (χ1v) is 8.58. The highest BCUT2D eigenvalue weighted by atomic mass is 16.5. The molecule has 1 aliphatic heterocycles. The summed E-state index contributed by atoms with van der Waals surface area (Å²) in [5, 5.41) is 13.9. The number of ether oxygens (including phenoxy) is 1. The number of carbonyl (C=O) groups excluding carboxylic acids is 1. The van der Waals surface area contributed by atoms with Gasteiger partial charge >= 0.3 is 0 Å². The number of aliphatic imine (C=N–C) groups is 1. The number of H-pyrrole nitrogens is 1. The summed E-state index contributed by atoms with van der Waals surface area (Å²) in [6, 6.07) is 15.6. The smallest absolute Gasteiger partial charge is 0.276 e. The lowest BCUT2D eigenvalue weighted by Gasteiger charge is -2.18. The number of hydrogen-bond acceptors (Lipinski definition) is 5. The minimum Gasteiger partial charge on any atom is -0.382 e. The molecule has 136 valence electrons. The molecule has 0 saturated heterocycles. The van der Waals surface area contributed by atoms with Gasteiger partial charge in [0.1, 0.15) is 5.70 Å². The Morgan fingerprint density at radius 2 is 2.07 bits per heavy atom. The van der Waals surface area contributed by atoms with Crippen LogP contribution in [0.2, 0.25) is 0 Å². The molecule has 0 aliphatic carbocycles. The van der Waals surface area contributed by atoms with Crippen molar-refractivity contribution in [2.24, 2.45) is 4.99 Å². The Kier molecular flexibility index (Phi) is 4.67. The number of amides is 1. The third kappa shape index (κ3) is 3.73. The van der Waals surface area contributed by atoms with Crippen molar-refractivity contribution in [1.29, 1.82) is 0 Å². The summed E-state index contributed by atoms with van der Waals surface area (Å²) < 4.78 is 5.30. The normalized spacial score (nSPS) is 16.4. The zero-order valence-electron chi connectivity index (χ0n) is 14.8. The molecule has 0 unspecified atom stereocenters. The topological polar surface area (TPSA) is 91.4 Å². The fraction of sp³-hybridized carbons (Fsp3) is 0.150. The van der Waals surface area contributed by atoms with Gasteiger partial charge in [0, 0.05) is 12.5 Å². The lowest BCUT2D eigenvalue weighted by molar-refractivity contribution is -0.115. The van der Waals surface area contributed by atoms with E-state index in [0.717, 1.165) is 22.0 Å². The number of carbonyl (C=O) groups is 1. The molecule has 0 fully saturated rings. The maximum absolute atomic E-state index is 12.3. The Morgan fingerprint density at radius 1 is 1.22 bits per heavy atom. The Morgan fingerprint density at radius 3 is 2.89 bits per heavy atom. The number of aromatic nitrogens is 2. The summed E-state index contributed by atoms with van der Waals surface area (Å²) in [6.45, 7) is 0.453. The van der Waals surface area contributed by atoms with Crippen LogP contribution in [0, 0.1) is 0 Å². The average Bonchev–Trinajstić information content (AvgIpc) is 3.28. The second kappa shape index (κ2) is 7.43. The van der Waals surface area contributed by atoms with Gasteiger partial charge < -0.3 is 10.1 Å². The predicted molar refractivity (Wildman–Crippen MR) is 104 cm³/mol. The summed E-state index contributed by atoms with van der Waals surface area (Å²) >= 11 is 0. The summed E-state index contributed by atoms with van der Waals surface area (Å²) in [5.74, 6) is 0.176. The van der Waals surface area contributed by atoms with Crippen LogP contribution in [-0.4, -0.2) is 35.8 Å². The van der Waals surface area contributed by atoms with E-state index in [1.54, 1.807) is 19.4 Å². The van der Waals surface area contributed by atoms with Crippen molar-refractivity contribution < 1.29 is 9.53 Å². The third-order valence-electron chi connectivity index (χ3n) is 4.31. The molecule has 2 aromatic carbocycles. The van der Waals surface area contributed by atoms with Crippen molar-refractivity contribution in [3.8, 4) is 0 Å². The first-order valence-electron chi connectivity index (χ1n) is 8.58. The van der Waals surface area contributed by atoms with Gasteiger partial charge in [0.05, 0.1) is 24.4 Å². The van der Waals surface area contributed by atoms with Gasteiger partial charge in [0.2, 0.25) is 5.96 Å². The van der Waals surface area contributed by atoms with E-state index in [0.29, 0.717) is 18.3 Å². The molecule has 3 N–H and O–H groups in total. The summed E-state index contributed by atoms with van der Waals surface area (Å²) in [4.78, 5) is 16.7. The summed E-state index contributed by atoms with van der Waals surface area (Å²) in [7, 11) is 1.64. The Balaban J connectivity index is 1.56. The highest BCUT2D eigenvalue weighted by Crippen LogP contribution is 2.18. The molecule has 0 radical (unpaired) electrons. The molecule has 1 amide bonds. The van der Waals surface area contributed by atoms with E-state index in [1.165, 1.54) is 0 Å². The molecule has 27 heavy (non-hydrogen) atoms. The van der Waals surface area contributed by atoms with Gasteiger partial charge in [-0.25, -0.2) is 4.99 Å². The van der Waals surface area contributed by atoms with Gasteiger partial charge in [-0.2, -0.15) is 5.10 Å². The monoisotopic (exact) mass is 361 g/mol. The molecule has 1 aliphatic rings. The van der Waals surface area contributed by atoms with Crippen molar-refractivity contribution in [2.75, 3.05) is 13.7 Å². The molecule has 7 heteroatoms. The minimum atomic E-state index is -0.242. The fourth-order valence-electron chi connectivity index (χ4n) is 2.98. The van der Waals surface area contributed by atoms with Crippen LogP contribution in [0.4, 0.5) is 0 Å². The Bertz CT molecular complexity index is 1020. The number of fused-ring (bicyclic) bond motifs is 1. The second-order valence-electron chi connectivity index (χ2n) is 6.22. The predicted octanol–water partition coefficient (Wildman–Crippen LogP) is 2.37. The van der Waals surface area contributed by atoms with E-state index in [4.69, 9.17) is 4.74 Å². The average molecular weight is 361 g/mol. The SMILES string of the molecule is COC[C@H](NC1=N/C(=C\c2ccc3[nH]ncc3c2)C(=O)N1)c1ccccc1. The molecule has 0 saturated carbocycles. The number of rotatable bonds is 5. The standard InChI is InChI=1S/C20H19N5O2/c1-27-12-18(14-5-3-2-4-6-14)23-20-22-17(19(26)24-20)10-13-7-8-16-15(9-13)11-21-25-16/h2-11,18H,12H2,1H3,(H,21,25)(H2,22,23,24,26)/b17-10-/t18-/m0/s1. The molecule has 3 aromatic rings. The van der Waals surface area contributed by atoms with E-state index in [9.17, 15) is 4.79 Å². The van der Waals surface area contributed by atoms with Crippen LogP contribution in [-0.2, 0) is 9.53 Å². The van der Waals surface area contributed by atoms with Gasteiger partial charge in [-0.3, -0.25) is 15.2 Å². The third-order valence-corrected chi connectivity index (χ3v) is 4.31. The van der Waals surface area contributed by atoms with Crippen LogP contribution in [0.15, 0.2) is 65.4 Å². The number of hydrogen-bond donors (Lipinski definition) is 3. The lowest BCUT2D eigenvalue weighted by atomic mass is 10.1. The van der Waals surface area contributed by atoms with Crippen molar-refractivity contribution >= 4 is 28.8 Å². The minimum absolute atomic E-state index is 0.114. The molecular weight excluding hydrogens is 342 g/mol. The largest absolute Gasteiger partial charge is 0.382 e. The fourth-order valence-corrected chi connectivity index (χ4v) is 2.98. The number of nitrogens with zero attached hydrogens (tertiary/aromatic N) is 2. The van der Waals surface area contributed by atoms with Crippen LogP contribution < -0.4 is 10.6 Å². The first kappa shape index (κ1) is 17.0. The van der Waals surface area contributed by atoms with Gasteiger partial charge in [-0.05, 0) is 29.3 Å². The number of methoxy groups -OCH3 is 1. The Labute approximate surface area is 156 Å². The zero-order chi connectivity index (χ0) is 18.6. The molecular formula is C20H19N5O2. The molecule has 1 atom stereocenters. The summed E-state index contributed by atoms with van der Waals surface area (Å²) in [5.41, 5.74) is 3.24. The van der Waals surface area contributed by atoms with E-state index < -0.39 is 0 Å². The van der Waals surface area contributed by atoms with Crippen LogP contribution in [0.1, 0.15) is 17.2 Å².